The van der Waals surface area contributed by atoms with E-state index in [4.69, 9.17) is 0 Å². The van der Waals surface area contributed by atoms with Crippen LogP contribution in [0.4, 0.5) is 0 Å². The summed E-state index contributed by atoms with van der Waals surface area (Å²) in [6.07, 6.45) is 0. The van der Waals surface area contributed by atoms with E-state index in [-0.39, 0.29) is 0 Å². The highest BCUT2D eigenvalue weighted by atomic mass is 14.2. The second-order valence-electron chi connectivity index (χ2n) is 13.8. The molecule has 10 rings (SSSR count). The summed E-state index contributed by atoms with van der Waals surface area (Å²) in [5.41, 5.74) is 6.50. The zero-order valence-electron chi connectivity index (χ0n) is 27.7. The minimum atomic E-state index is 0.425. The lowest BCUT2D eigenvalue weighted by molar-refractivity contribution is 0.869. The molecule has 0 aliphatic rings. The zero-order chi connectivity index (χ0) is 32.6. The van der Waals surface area contributed by atoms with E-state index in [9.17, 15) is 0 Å². The topological polar surface area (TPSA) is 0 Å². The van der Waals surface area contributed by atoms with Gasteiger partial charge in [0.2, 0.25) is 0 Å². The van der Waals surface area contributed by atoms with E-state index in [0.717, 1.165) is 0 Å². The molecule has 230 valence electrons. The standard InChI is InChI=1S/C49H34/c1-30(2)31-23-24-42-43(25-31)49-29-46(44-26-32-13-3-5-15-34(32)36-17-7-9-19-38(36)44)40-21-11-12-22-41(40)47(49)28-48(42)45-27-33-14-4-6-16-35(33)37-18-8-10-20-39(37)45/h3-30H,1-2H3. The Morgan fingerprint density at radius 2 is 0.592 bits per heavy atom. The van der Waals surface area contributed by atoms with Crippen molar-refractivity contribution in [1.29, 1.82) is 0 Å². The molecule has 0 heterocycles. The van der Waals surface area contributed by atoms with Crippen molar-refractivity contribution in [3.8, 4) is 22.3 Å². The Bertz CT molecular complexity index is 2960. The van der Waals surface area contributed by atoms with Gasteiger partial charge in [0.1, 0.15) is 0 Å². The van der Waals surface area contributed by atoms with Crippen LogP contribution in [0.5, 0.6) is 0 Å². The smallest absolute Gasteiger partial charge is 0.00922 e. The van der Waals surface area contributed by atoms with Crippen molar-refractivity contribution in [1.82, 2.24) is 0 Å². The van der Waals surface area contributed by atoms with E-state index in [1.54, 1.807) is 0 Å². The second-order valence-corrected chi connectivity index (χ2v) is 13.8. The Balaban J connectivity index is 1.38. The van der Waals surface area contributed by atoms with Crippen LogP contribution in [0.1, 0.15) is 25.3 Å². The maximum Gasteiger partial charge on any atom is -0.00922 e. The van der Waals surface area contributed by atoms with Crippen molar-refractivity contribution >= 4 is 75.4 Å². The van der Waals surface area contributed by atoms with Crippen molar-refractivity contribution in [2.75, 3.05) is 0 Å². The molecular weight excluding hydrogens is 589 g/mol. The van der Waals surface area contributed by atoms with Gasteiger partial charge in [-0.05, 0) is 133 Å². The Labute approximate surface area is 285 Å². The molecule has 0 saturated heterocycles. The van der Waals surface area contributed by atoms with E-state index in [2.05, 4.69) is 178 Å². The van der Waals surface area contributed by atoms with Gasteiger partial charge < -0.3 is 0 Å². The lowest BCUT2D eigenvalue weighted by atomic mass is 9.84. The highest BCUT2D eigenvalue weighted by Crippen LogP contribution is 2.46. The van der Waals surface area contributed by atoms with Crippen LogP contribution in [-0.4, -0.2) is 0 Å². The summed E-state index contributed by atoms with van der Waals surface area (Å²) >= 11 is 0. The minimum absolute atomic E-state index is 0.425. The molecule has 49 heavy (non-hydrogen) atoms. The van der Waals surface area contributed by atoms with Crippen molar-refractivity contribution in [3.05, 3.63) is 169 Å². The van der Waals surface area contributed by atoms with Crippen LogP contribution in [0.25, 0.3) is 97.7 Å². The van der Waals surface area contributed by atoms with Crippen molar-refractivity contribution in [2.45, 2.75) is 19.8 Å². The highest BCUT2D eigenvalue weighted by Gasteiger charge is 2.19. The van der Waals surface area contributed by atoms with Gasteiger partial charge in [0.05, 0.1) is 0 Å². The molecular formula is C49H34. The first-order valence-corrected chi connectivity index (χ1v) is 17.4. The van der Waals surface area contributed by atoms with Gasteiger partial charge in [0, 0.05) is 0 Å². The normalized spacial score (nSPS) is 12.1. The molecule has 0 nitrogen and oxygen atoms in total. The van der Waals surface area contributed by atoms with Crippen molar-refractivity contribution in [3.63, 3.8) is 0 Å². The largest absolute Gasteiger partial charge is 0.0616 e. The average molecular weight is 623 g/mol. The fourth-order valence-electron chi connectivity index (χ4n) is 8.38. The van der Waals surface area contributed by atoms with Crippen LogP contribution >= 0.6 is 0 Å². The molecule has 0 saturated carbocycles. The number of benzene rings is 10. The highest BCUT2D eigenvalue weighted by molar-refractivity contribution is 6.27. The third-order valence-electron chi connectivity index (χ3n) is 10.8. The summed E-state index contributed by atoms with van der Waals surface area (Å²) in [6.45, 7) is 4.60. The van der Waals surface area contributed by atoms with Crippen LogP contribution in [0, 0.1) is 0 Å². The van der Waals surface area contributed by atoms with E-state index >= 15 is 0 Å². The minimum Gasteiger partial charge on any atom is -0.0616 e. The van der Waals surface area contributed by atoms with Crippen LogP contribution in [0.3, 0.4) is 0 Å². The Morgan fingerprint density at radius 3 is 1.06 bits per heavy atom. The van der Waals surface area contributed by atoms with E-state index in [1.165, 1.54) is 103 Å². The van der Waals surface area contributed by atoms with Gasteiger partial charge in [-0.3, -0.25) is 0 Å². The SMILES string of the molecule is CC(C)c1ccc2c(-c3cc4ccccc4c4ccccc34)cc3c4ccccc4c(-c4cc5ccccc5c5ccccc45)cc3c2c1. The first-order valence-electron chi connectivity index (χ1n) is 17.4. The molecule has 0 N–H and O–H groups in total. The molecule has 0 unspecified atom stereocenters. The molecule has 0 aromatic heterocycles. The van der Waals surface area contributed by atoms with Crippen LogP contribution in [0.15, 0.2) is 164 Å². The van der Waals surface area contributed by atoms with Gasteiger partial charge in [-0.25, -0.2) is 0 Å². The molecule has 0 aliphatic carbocycles. The van der Waals surface area contributed by atoms with Crippen LogP contribution in [-0.2, 0) is 0 Å². The number of hydrogen-bond acceptors (Lipinski definition) is 0. The molecule has 0 atom stereocenters. The van der Waals surface area contributed by atoms with Gasteiger partial charge in [0.25, 0.3) is 0 Å². The molecule has 10 aromatic carbocycles. The van der Waals surface area contributed by atoms with E-state index in [1.807, 2.05) is 0 Å². The van der Waals surface area contributed by atoms with Gasteiger partial charge in [-0.15, -0.1) is 0 Å². The quantitative estimate of drug-likeness (QED) is 0.172. The van der Waals surface area contributed by atoms with Gasteiger partial charge in [-0.1, -0.05) is 153 Å². The van der Waals surface area contributed by atoms with Crippen LogP contribution in [0.2, 0.25) is 0 Å². The van der Waals surface area contributed by atoms with Gasteiger partial charge in [0.15, 0.2) is 0 Å². The molecule has 0 fully saturated rings. The first kappa shape index (κ1) is 28.1. The van der Waals surface area contributed by atoms with Crippen molar-refractivity contribution in [2.24, 2.45) is 0 Å². The lowest BCUT2D eigenvalue weighted by Gasteiger charge is -2.19. The predicted molar refractivity (Wildman–Crippen MR) is 214 cm³/mol. The summed E-state index contributed by atoms with van der Waals surface area (Å²) < 4.78 is 0. The van der Waals surface area contributed by atoms with E-state index in [0.29, 0.717) is 5.92 Å². The second kappa shape index (κ2) is 10.8. The Hall–Kier alpha value is -5.98. The fourth-order valence-corrected chi connectivity index (χ4v) is 8.38. The molecule has 0 radical (unpaired) electrons. The Kier molecular flexibility index (Phi) is 6.17. The number of fused-ring (bicyclic) bond motifs is 11. The molecule has 0 amide bonds. The molecule has 10 aromatic rings. The molecule has 0 aliphatic heterocycles. The maximum absolute atomic E-state index is 2.49. The monoisotopic (exact) mass is 622 g/mol. The van der Waals surface area contributed by atoms with E-state index < -0.39 is 0 Å². The molecule has 0 heteroatoms. The summed E-state index contributed by atoms with van der Waals surface area (Å²) in [5.74, 6) is 0.425. The molecule has 0 bridgehead atoms. The zero-order valence-corrected chi connectivity index (χ0v) is 27.7. The third-order valence-corrected chi connectivity index (χ3v) is 10.8. The Morgan fingerprint density at radius 1 is 0.265 bits per heavy atom. The average Bonchev–Trinajstić information content (AvgIpc) is 3.16. The third kappa shape index (κ3) is 4.24. The maximum atomic E-state index is 2.49. The summed E-state index contributed by atoms with van der Waals surface area (Å²) in [6, 6.07) is 61.4. The summed E-state index contributed by atoms with van der Waals surface area (Å²) in [5, 5.41) is 18.1. The van der Waals surface area contributed by atoms with Crippen molar-refractivity contribution < 1.29 is 0 Å². The lowest BCUT2D eigenvalue weighted by Crippen LogP contribution is -1.93. The molecule has 0 spiro atoms. The summed E-state index contributed by atoms with van der Waals surface area (Å²) in [7, 11) is 0. The summed E-state index contributed by atoms with van der Waals surface area (Å²) in [4.78, 5) is 0. The van der Waals surface area contributed by atoms with Gasteiger partial charge in [-0.2, -0.15) is 0 Å². The van der Waals surface area contributed by atoms with Gasteiger partial charge >= 0.3 is 0 Å². The fraction of sp³-hybridized carbons (Fsp3) is 0.0612. The number of hydrogen-bond donors (Lipinski definition) is 0. The van der Waals surface area contributed by atoms with Crippen LogP contribution < -0.4 is 0 Å². The first-order chi connectivity index (χ1) is 24.1. The predicted octanol–water partition coefficient (Wildman–Crippen LogP) is 14.2. The number of rotatable bonds is 3.